The van der Waals surface area contributed by atoms with Gasteiger partial charge in [-0.25, -0.2) is 0 Å². The largest absolute Gasteiger partial charge is 0.455 e. The Morgan fingerprint density at radius 3 is 2.48 bits per heavy atom. The summed E-state index contributed by atoms with van der Waals surface area (Å²) < 4.78 is 5.84. The zero-order chi connectivity index (χ0) is 17.5. The maximum atomic E-state index is 12.2. The highest BCUT2D eigenvalue weighted by Crippen LogP contribution is 2.29. The van der Waals surface area contributed by atoms with Gasteiger partial charge < -0.3 is 15.4 Å². The Kier molecular flexibility index (Phi) is 5.54. The van der Waals surface area contributed by atoms with Gasteiger partial charge in [-0.2, -0.15) is 0 Å². The van der Waals surface area contributed by atoms with E-state index in [1.165, 1.54) is 0 Å². The molecule has 0 bridgehead atoms. The van der Waals surface area contributed by atoms with Crippen LogP contribution in [-0.4, -0.2) is 12.5 Å². The molecule has 0 aromatic heterocycles. The molecule has 0 aliphatic heterocycles. The van der Waals surface area contributed by atoms with Gasteiger partial charge in [0.2, 0.25) is 5.91 Å². The van der Waals surface area contributed by atoms with Crippen molar-refractivity contribution in [1.29, 1.82) is 0 Å². The highest BCUT2D eigenvalue weighted by molar-refractivity contribution is 6.30. The first-order chi connectivity index (χ1) is 12.2. The quantitative estimate of drug-likeness (QED) is 0.642. The van der Waals surface area contributed by atoms with Gasteiger partial charge in [-0.3, -0.25) is 4.79 Å². The van der Waals surface area contributed by atoms with Crippen LogP contribution in [0.2, 0.25) is 5.02 Å². The minimum Gasteiger partial charge on any atom is -0.455 e. The fourth-order valence-electron chi connectivity index (χ4n) is 2.25. The van der Waals surface area contributed by atoms with Crippen molar-refractivity contribution in [3.63, 3.8) is 0 Å². The number of amides is 1. The molecule has 3 aromatic rings. The molecular weight excluding hydrogens is 336 g/mol. The van der Waals surface area contributed by atoms with E-state index < -0.39 is 0 Å². The fourth-order valence-corrected chi connectivity index (χ4v) is 2.44. The van der Waals surface area contributed by atoms with E-state index in [2.05, 4.69) is 10.6 Å². The van der Waals surface area contributed by atoms with E-state index in [0.717, 1.165) is 5.69 Å². The number of carbonyl (C=O) groups is 1. The first-order valence-corrected chi connectivity index (χ1v) is 8.20. The number of halogens is 1. The van der Waals surface area contributed by atoms with Crippen LogP contribution in [0.5, 0.6) is 11.5 Å². The molecule has 0 radical (unpaired) electrons. The number of benzene rings is 3. The normalized spacial score (nSPS) is 10.1. The number of hydrogen-bond acceptors (Lipinski definition) is 3. The van der Waals surface area contributed by atoms with Crippen molar-refractivity contribution < 1.29 is 9.53 Å². The summed E-state index contributed by atoms with van der Waals surface area (Å²) in [6, 6.07) is 24.0. The van der Waals surface area contributed by atoms with E-state index >= 15 is 0 Å². The predicted molar refractivity (Wildman–Crippen MR) is 102 cm³/mol. The van der Waals surface area contributed by atoms with E-state index in [-0.39, 0.29) is 12.5 Å². The van der Waals surface area contributed by atoms with E-state index in [0.29, 0.717) is 22.2 Å². The van der Waals surface area contributed by atoms with Crippen LogP contribution >= 0.6 is 11.6 Å². The third-order valence-corrected chi connectivity index (χ3v) is 3.64. The third-order valence-electron chi connectivity index (χ3n) is 3.41. The van der Waals surface area contributed by atoms with Crippen molar-refractivity contribution in [2.45, 2.75) is 0 Å². The standard InChI is InChI=1S/C20H17ClN2O2/c21-15-7-6-8-16(13-15)22-14-20(24)23-18-11-4-5-12-19(18)25-17-9-2-1-3-10-17/h1-13,22H,14H2,(H,23,24). The molecule has 1 amide bonds. The van der Waals surface area contributed by atoms with Crippen LogP contribution in [0.1, 0.15) is 0 Å². The topological polar surface area (TPSA) is 50.4 Å². The number of carbonyl (C=O) groups excluding carboxylic acids is 1. The lowest BCUT2D eigenvalue weighted by Crippen LogP contribution is -2.22. The monoisotopic (exact) mass is 352 g/mol. The van der Waals surface area contributed by atoms with Crippen molar-refractivity contribution in [2.24, 2.45) is 0 Å². The van der Waals surface area contributed by atoms with Crippen LogP contribution in [0, 0.1) is 0 Å². The SMILES string of the molecule is O=C(CNc1cccc(Cl)c1)Nc1ccccc1Oc1ccccc1. The van der Waals surface area contributed by atoms with Gasteiger partial charge in [0.05, 0.1) is 12.2 Å². The predicted octanol–water partition coefficient (Wildman–Crippen LogP) is 5.18. The van der Waals surface area contributed by atoms with Gasteiger partial charge in [-0.15, -0.1) is 0 Å². The summed E-state index contributed by atoms with van der Waals surface area (Å²) in [6.07, 6.45) is 0. The Labute approximate surface area is 151 Å². The number of hydrogen-bond donors (Lipinski definition) is 2. The van der Waals surface area contributed by atoms with Gasteiger partial charge >= 0.3 is 0 Å². The molecular formula is C20H17ClN2O2. The molecule has 2 N–H and O–H groups in total. The van der Waals surface area contributed by atoms with Crippen molar-refractivity contribution >= 4 is 28.9 Å². The Bertz CT molecular complexity index is 853. The summed E-state index contributed by atoms with van der Waals surface area (Å²) in [7, 11) is 0. The molecule has 5 heteroatoms. The zero-order valence-corrected chi connectivity index (χ0v) is 14.2. The lowest BCUT2D eigenvalue weighted by atomic mass is 10.2. The average Bonchev–Trinajstić information content (AvgIpc) is 2.63. The maximum Gasteiger partial charge on any atom is 0.243 e. The van der Waals surface area contributed by atoms with Crippen molar-refractivity contribution in [2.75, 3.05) is 17.2 Å². The lowest BCUT2D eigenvalue weighted by Gasteiger charge is -2.13. The second kappa shape index (κ2) is 8.22. The van der Waals surface area contributed by atoms with Gasteiger partial charge in [0.25, 0.3) is 0 Å². The van der Waals surface area contributed by atoms with Crippen molar-refractivity contribution in [3.05, 3.63) is 83.9 Å². The molecule has 0 spiro atoms. The number of para-hydroxylation sites is 3. The van der Waals surface area contributed by atoms with Crippen LogP contribution in [0.3, 0.4) is 0 Å². The number of rotatable bonds is 6. The molecule has 3 aromatic carbocycles. The number of nitrogens with one attached hydrogen (secondary N) is 2. The van der Waals surface area contributed by atoms with Gasteiger partial charge in [-0.1, -0.05) is 48.0 Å². The van der Waals surface area contributed by atoms with E-state index in [1.54, 1.807) is 18.2 Å². The second-order valence-corrected chi connectivity index (χ2v) is 5.76. The molecule has 0 heterocycles. The van der Waals surface area contributed by atoms with Crippen LogP contribution in [0.15, 0.2) is 78.9 Å². The number of ether oxygens (including phenoxy) is 1. The van der Waals surface area contributed by atoms with Crippen LogP contribution in [0.4, 0.5) is 11.4 Å². The molecule has 0 aliphatic carbocycles. The summed E-state index contributed by atoms with van der Waals surface area (Å²) in [5, 5.41) is 6.51. The van der Waals surface area contributed by atoms with Crippen LogP contribution in [0.25, 0.3) is 0 Å². The first kappa shape index (κ1) is 16.9. The molecule has 3 rings (SSSR count). The lowest BCUT2D eigenvalue weighted by molar-refractivity contribution is -0.114. The van der Waals surface area contributed by atoms with Gasteiger partial charge in [-0.05, 0) is 42.5 Å². The Hall–Kier alpha value is -2.98. The smallest absolute Gasteiger partial charge is 0.243 e. The fraction of sp³-hybridized carbons (Fsp3) is 0.0500. The Morgan fingerprint density at radius 1 is 0.920 bits per heavy atom. The Morgan fingerprint density at radius 2 is 1.68 bits per heavy atom. The maximum absolute atomic E-state index is 12.2. The molecule has 0 saturated heterocycles. The summed E-state index contributed by atoms with van der Waals surface area (Å²) in [5.41, 5.74) is 1.40. The molecule has 0 saturated carbocycles. The van der Waals surface area contributed by atoms with Crippen molar-refractivity contribution in [1.82, 2.24) is 0 Å². The van der Waals surface area contributed by atoms with E-state index in [9.17, 15) is 4.79 Å². The minimum absolute atomic E-state index is 0.125. The third kappa shape index (κ3) is 4.99. The molecule has 0 atom stereocenters. The average molecular weight is 353 g/mol. The summed E-state index contributed by atoms with van der Waals surface area (Å²) in [5.74, 6) is 1.12. The van der Waals surface area contributed by atoms with Crippen molar-refractivity contribution in [3.8, 4) is 11.5 Å². The summed E-state index contributed by atoms with van der Waals surface area (Å²) >= 11 is 5.93. The second-order valence-electron chi connectivity index (χ2n) is 5.32. The molecule has 25 heavy (non-hydrogen) atoms. The van der Waals surface area contributed by atoms with Crippen LogP contribution in [-0.2, 0) is 4.79 Å². The number of anilines is 2. The summed E-state index contributed by atoms with van der Waals surface area (Å²) in [4.78, 5) is 12.2. The highest BCUT2D eigenvalue weighted by atomic mass is 35.5. The minimum atomic E-state index is -0.177. The van der Waals surface area contributed by atoms with Gasteiger partial charge in [0.15, 0.2) is 5.75 Å². The van der Waals surface area contributed by atoms with E-state index in [4.69, 9.17) is 16.3 Å². The first-order valence-electron chi connectivity index (χ1n) is 7.82. The van der Waals surface area contributed by atoms with Crippen LogP contribution < -0.4 is 15.4 Å². The Balaban J connectivity index is 1.63. The summed E-state index contributed by atoms with van der Waals surface area (Å²) in [6.45, 7) is 0.125. The molecule has 0 aliphatic rings. The molecule has 126 valence electrons. The molecule has 0 unspecified atom stereocenters. The molecule has 0 fully saturated rings. The van der Waals surface area contributed by atoms with Gasteiger partial charge in [0, 0.05) is 10.7 Å². The van der Waals surface area contributed by atoms with Gasteiger partial charge in [0.1, 0.15) is 5.75 Å². The molecule has 4 nitrogen and oxygen atoms in total. The zero-order valence-electron chi connectivity index (χ0n) is 13.4. The highest BCUT2D eigenvalue weighted by Gasteiger charge is 2.08. The van der Waals surface area contributed by atoms with E-state index in [1.807, 2.05) is 60.7 Å².